The van der Waals surface area contributed by atoms with Gasteiger partial charge in [-0.25, -0.2) is 9.97 Å². The lowest BCUT2D eigenvalue weighted by atomic mass is 9.88. The first-order chi connectivity index (χ1) is 12.2. The van der Waals surface area contributed by atoms with Gasteiger partial charge in [0.05, 0.1) is 0 Å². The lowest BCUT2D eigenvalue weighted by Crippen LogP contribution is -2.25. The number of thiazole rings is 1. The molecule has 0 spiro atoms. The summed E-state index contributed by atoms with van der Waals surface area (Å²) in [6.45, 7) is 2.05. The van der Waals surface area contributed by atoms with E-state index in [-0.39, 0.29) is 11.8 Å². The molecule has 1 aliphatic rings. The van der Waals surface area contributed by atoms with Crippen LogP contribution >= 0.6 is 11.3 Å². The highest BCUT2D eigenvalue weighted by Gasteiger charge is 2.22. The number of carbonyl (C=O) groups is 1. The molecule has 3 aromatic rings. The molecule has 25 heavy (non-hydrogen) atoms. The van der Waals surface area contributed by atoms with Crippen molar-refractivity contribution in [2.75, 3.05) is 5.32 Å². The van der Waals surface area contributed by atoms with Crippen LogP contribution in [0.25, 0.3) is 20.9 Å². The van der Waals surface area contributed by atoms with Crippen LogP contribution in [-0.2, 0) is 4.79 Å². The molecule has 128 valence electrons. The maximum absolute atomic E-state index is 12.6. The molecule has 1 aromatic carbocycles. The van der Waals surface area contributed by atoms with E-state index in [1.54, 1.807) is 17.5 Å². The SMILES string of the molecule is Cc1c(NC(=O)C2CCCCC2)cccc1-c1nc2cccnc2s1. The minimum absolute atomic E-state index is 0.156. The third-order valence-electron chi connectivity index (χ3n) is 4.96. The summed E-state index contributed by atoms with van der Waals surface area (Å²) in [5.74, 6) is 0.314. The number of carbonyl (C=O) groups excluding carboxylic acids is 1. The van der Waals surface area contributed by atoms with Crippen molar-refractivity contribution in [2.24, 2.45) is 5.92 Å². The predicted molar refractivity (Wildman–Crippen MR) is 103 cm³/mol. The summed E-state index contributed by atoms with van der Waals surface area (Å²) in [7, 11) is 0. The van der Waals surface area contributed by atoms with E-state index in [9.17, 15) is 4.79 Å². The summed E-state index contributed by atoms with van der Waals surface area (Å²) in [5.41, 5.74) is 3.92. The van der Waals surface area contributed by atoms with Gasteiger partial charge in [-0.15, -0.1) is 0 Å². The molecule has 2 aromatic heterocycles. The van der Waals surface area contributed by atoms with Crippen LogP contribution in [0.4, 0.5) is 5.69 Å². The van der Waals surface area contributed by atoms with Crippen molar-refractivity contribution in [1.82, 2.24) is 9.97 Å². The van der Waals surface area contributed by atoms with Crippen LogP contribution in [0.1, 0.15) is 37.7 Å². The Balaban J connectivity index is 1.62. The van der Waals surface area contributed by atoms with Crippen molar-refractivity contribution in [1.29, 1.82) is 0 Å². The van der Waals surface area contributed by atoms with Crippen LogP contribution in [0.15, 0.2) is 36.5 Å². The van der Waals surface area contributed by atoms with Gasteiger partial charge in [0.15, 0.2) is 0 Å². The highest BCUT2D eigenvalue weighted by Crippen LogP contribution is 2.34. The molecule has 1 amide bonds. The molecule has 0 radical (unpaired) electrons. The van der Waals surface area contributed by atoms with Crippen LogP contribution in [0.3, 0.4) is 0 Å². The molecule has 0 atom stereocenters. The Bertz CT molecular complexity index is 879. The molecular weight excluding hydrogens is 330 g/mol. The Hall–Kier alpha value is -2.27. The maximum atomic E-state index is 12.6. The van der Waals surface area contributed by atoms with E-state index >= 15 is 0 Å². The topological polar surface area (TPSA) is 54.9 Å². The molecule has 0 bridgehead atoms. The summed E-state index contributed by atoms with van der Waals surface area (Å²) in [6.07, 6.45) is 7.38. The van der Waals surface area contributed by atoms with Crippen molar-refractivity contribution in [3.63, 3.8) is 0 Å². The standard InChI is InChI=1S/C20H21N3OS/c1-13-15(19-23-17-11-6-12-21-20(17)25-19)9-5-10-16(13)22-18(24)14-7-3-2-4-8-14/h5-6,9-12,14H,2-4,7-8H2,1H3,(H,22,24). The smallest absolute Gasteiger partial charge is 0.227 e. The molecular formula is C20H21N3OS. The average Bonchev–Trinajstić information content (AvgIpc) is 3.08. The molecule has 1 fully saturated rings. The zero-order valence-electron chi connectivity index (χ0n) is 14.3. The number of pyridine rings is 1. The van der Waals surface area contributed by atoms with Crippen LogP contribution in [0.2, 0.25) is 0 Å². The second-order valence-corrected chi connectivity index (χ2v) is 7.63. The fourth-order valence-corrected chi connectivity index (χ4v) is 4.48. The largest absolute Gasteiger partial charge is 0.326 e. The van der Waals surface area contributed by atoms with Gasteiger partial charge in [-0.2, -0.15) is 0 Å². The fourth-order valence-electron chi connectivity index (χ4n) is 3.49. The van der Waals surface area contributed by atoms with Crippen LogP contribution in [0.5, 0.6) is 0 Å². The van der Waals surface area contributed by atoms with Crippen molar-refractivity contribution < 1.29 is 4.79 Å². The molecule has 0 saturated heterocycles. The van der Waals surface area contributed by atoms with E-state index in [0.29, 0.717) is 0 Å². The fraction of sp³-hybridized carbons (Fsp3) is 0.350. The third-order valence-corrected chi connectivity index (χ3v) is 5.98. The number of amides is 1. The van der Waals surface area contributed by atoms with Gasteiger partial charge in [0.25, 0.3) is 0 Å². The molecule has 0 unspecified atom stereocenters. The second kappa shape index (κ2) is 6.92. The van der Waals surface area contributed by atoms with Gasteiger partial charge in [0.1, 0.15) is 15.4 Å². The Morgan fingerprint density at radius 1 is 1.16 bits per heavy atom. The molecule has 1 N–H and O–H groups in total. The number of nitrogens with one attached hydrogen (secondary N) is 1. The van der Waals surface area contributed by atoms with E-state index < -0.39 is 0 Å². The molecule has 2 heterocycles. The van der Waals surface area contributed by atoms with E-state index in [2.05, 4.69) is 16.4 Å². The van der Waals surface area contributed by atoms with Crippen LogP contribution in [-0.4, -0.2) is 15.9 Å². The van der Waals surface area contributed by atoms with E-state index in [1.165, 1.54) is 6.42 Å². The second-order valence-electron chi connectivity index (χ2n) is 6.65. The lowest BCUT2D eigenvalue weighted by Gasteiger charge is -2.21. The molecule has 1 saturated carbocycles. The number of hydrogen-bond donors (Lipinski definition) is 1. The Labute approximate surface area is 151 Å². The van der Waals surface area contributed by atoms with Gasteiger partial charge in [-0.05, 0) is 43.5 Å². The number of nitrogens with zero attached hydrogens (tertiary/aromatic N) is 2. The van der Waals surface area contributed by atoms with Gasteiger partial charge in [0, 0.05) is 23.4 Å². The minimum Gasteiger partial charge on any atom is -0.326 e. The van der Waals surface area contributed by atoms with Gasteiger partial charge in [0.2, 0.25) is 5.91 Å². The van der Waals surface area contributed by atoms with Crippen molar-refractivity contribution >= 4 is 33.3 Å². The van der Waals surface area contributed by atoms with Crippen LogP contribution < -0.4 is 5.32 Å². The lowest BCUT2D eigenvalue weighted by molar-refractivity contribution is -0.120. The first kappa shape index (κ1) is 16.2. The molecule has 4 rings (SSSR count). The Morgan fingerprint density at radius 3 is 2.80 bits per heavy atom. The minimum atomic E-state index is 0.156. The number of anilines is 1. The number of fused-ring (bicyclic) bond motifs is 1. The summed E-state index contributed by atoms with van der Waals surface area (Å²) in [6, 6.07) is 9.90. The Kier molecular flexibility index (Phi) is 4.49. The Morgan fingerprint density at radius 2 is 2.00 bits per heavy atom. The summed E-state index contributed by atoms with van der Waals surface area (Å²) < 4.78 is 0. The van der Waals surface area contributed by atoms with Crippen molar-refractivity contribution in [3.05, 3.63) is 42.1 Å². The van der Waals surface area contributed by atoms with E-state index in [4.69, 9.17) is 4.98 Å². The molecule has 4 nitrogen and oxygen atoms in total. The predicted octanol–water partition coefficient (Wildman–Crippen LogP) is 5.19. The summed E-state index contributed by atoms with van der Waals surface area (Å²) in [4.78, 5) is 22.6. The average molecular weight is 351 g/mol. The zero-order valence-corrected chi connectivity index (χ0v) is 15.1. The van der Waals surface area contributed by atoms with Crippen LogP contribution in [0, 0.1) is 12.8 Å². The maximum Gasteiger partial charge on any atom is 0.227 e. The van der Waals surface area contributed by atoms with Crippen molar-refractivity contribution in [3.8, 4) is 10.6 Å². The monoisotopic (exact) mass is 351 g/mol. The number of rotatable bonds is 3. The van der Waals surface area contributed by atoms with E-state index in [1.807, 2.05) is 31.2 Å². The molecule has 1 aliphatic carbocycles. The van der Waals surface area contributed by atoms with Crippen molar-refractivity contribution in [2.45, 2.75) is 39.0 Å². The first-order valence-corrected chi connectivity index (χ1v) is 9.66. The molecule has 5 heteroatoms. The zero-order chi connectivity index (χ0) is 17.2. The quantitative estimate of drug-likeness (QED) is 0.707. The number of hydrogen-bond acceptors (Lipinski definition) is 4. The van der Waals surface area contributed by atoms with E-state index in [0.717, 1.165) is 57.9 Å². The highest BCUT2D eigenvalue weighted by molar-refractivity contribution is 7.21. The first-order valence-electron chi connectivity index (χ1n) is 8.85. The molecule has 0 aliphatic heterocycles. The number of benzene rings is 1. The third kappa shape index (κ3) is 3.29. The highest BCUT2D eigenvalue weighted by atomic mass is 32.1. The van der Waals surface area contributed by atoms with Gasteiger partial charge in [-0.3, -0.25) is 4.79 Å². The van der Waals surface area contributed by atoms with Gasteiger partial charge in [-0.1, -0.05) is 42.7 Å². The summed E-state index contributed by atoms with van der Waals surface area (Å²) in [5, 5.41) is 4.09. The summed E-state index contributed by atoms with van der Waals surface area (Å²) >= 11 is 1.59. The normalized spacial score (nSPS) is 15.4. The van der Waals surface area contributed by atoms with Gasteiger partial charge < -0.3 is 5.32 Å². The number of aromatic nitrogens is 2. The van der Waals surface area contributed by atoms with Gasteiger partial charge >= 0.3 is 0 Å².